The summed E-state index contributed by atoms with van der Waals surface area (Å²) in [5, 5.41) is 8.99. The van der Waals surface area contributed by atoms with Crippen molar-refractivity contribution < 1.29 is 14.3 Å². The molecule has 0 spiro atoms. The number of hydrogen-bond donors (Lipinski definition) is 1. The van der Waals surface area contributed by atoms with Gasteiger partial charge in [0, 0.05) is 11.8 Å². The van der Waals surface area contributed by atoms with E-state index in [1.165, 1.54) is 18.2 Å². The maximum atomic E-state index is 13.3. The molecule has 0 aliphatic rings. The number of benzene rings is 1. The van der Waals surface area contributed by atoms with Gasteiger partial charge in [0.25, 0.3) is 0 Å². The minimum atomic E-state index is -1.03. The standard InChI is InChI=1S/C13H15FO2S/c1-9(2)17-8-11-5-10(3-4-13(15)16)6-12(14)7-11/h3-7,9H,8H2,1-2H3,(H,15,16). The fourth-order valence-electron chi connectivity index (χ4n) is 1.29. The van der Waals surface area contributed by atoms with Gasteiger partial charge >= 0.3 is 5.97 Å². The van der Waals surface area contributed by atoms with Crippen LogP contribution in [0.2, 0.25) is 0 Å². The quantitative estimate of drug-likeness (QED) is 0.816. The van der Waals surface area contributed by atoms with Gasteiger partial charge < -0.3 is 5.11 Å². The maximum Gasteiger partial charge on any atom is 0.328 e. The molecule has 92 valence electrons. The molecule has 0 fully saturated rings. The van der Waals surface area contributed by atoms with Gasteiger partial charge in [-0.05, 0) is 34.6 Å². The van der Waals surface area contributed by atoms with Crippen LogP contribution in [-0.4, -0.2) is 16.3 Å². The second-order valence-corrected chi connectivity index (χ2v) is 5.49. The van der Waals surface area contributed by atoms with Crippen LogP contribution in [0.3, 0.4) is 0 Å². The Balaban J connectivity index is 2.82. The van der Waals surface area contributed by atoms with Crippen molar-refractivity contribution in [1.82, 2.24) is 0 Å². The minimum absolute atomic E-state index is 0.336. The van der Waals surface area contributed by atoms with Crippen LogP contribution < -0.4 is 0 Å². The molecule has 1 N–H and O–H groups in total. The van der Waals surface area contributed by atoms with Crippen LogP contribution in [0.15, 0.2) is 24.3 Å². The van der Waals surface area contributed by atoms with Crippen molar-refractivity contribution in [2.24, 2.45) is 0 Å². The van der Waals surface area contributed by atoms with E-state index in [9.17, 15) is 9.18 Å². The smallest absolute Gasteiger partial charge is 0.328 e. The summed E-state index contributed by atoms with van der Waals surface area (Å²) >= 11 is 1.72. The lowest BCUT2D eigenvalue weighted by Gasteiger charge is -2.06. The predicted octanol–water partition coefficient (Wildman–Crippen LogP) is 3.57. The van der Waals surface area contributed by atoms with E-state index in [-0.39, 0.29) is 5.82 Å². The van der Waals surface area contributed by atoms with Gasteiger partial charge in [-0.25, -0.2) is 9.18 Å². The van der Waals surface area contributed by atoms with Crippen LogP contribution in [0.25, 0.3) is 6.08 Å². The summed E-state index contributed by atoms with van der Waals surface area (Å²) in [4.78, 5) is 10.4. The van der Waals surface area contributed by atoms with Crippen molar-refractivity contribution in [2.75, 3.05) is 0 Å². The van der Waals surface area contributed by atoms with Crippen molar-refractivity contribution in [3.63, 3.8) is 0 Å². The van der Waals surface area contributed by atoms with Gasteiger partial charge in [-0.3, -0.25) is 0 Å². The Kier molecular flexibility index (Phi) is 5.22. The fraction of sp³-hybridized carbons (Fsp3) is 0.308. The molecule has 0 aromatic heterocycles. The van der Waals surface area contributed by atoms with Crippen LogP contribution in [0.4, 0.5) is 4.39 Å². The minimum Gasteiger partial charge on any atom is -0.478 e. The van der Waals surface area contributed by atoms with Gasteiger partial charge in [0.15, 0.2) is 0 Å². The van der Waals surface area contributed by atoms with Gasteiger partial charge in [0.05, 0.1) is 0 Å². The van der Waals surface area contributed by atoms with Crippen LogP contribution in [0, 0.1) is 5.82 Å². The number of carboxylic acids is 1. The Hall–Kier alpha value is -1.29. The molecule has 0 bridgehead atoms. The summed E-state index contributed by atoms with van der Waals surface area (Å²) in [6.45, 7) is 4.16. The van der Waals surface area contributed by atoms with Gasteiger partial charge in [-0.1, -0.05) is 19.9 Å². The normalized spacial score (nSPS) is 11.3. The SMILES string of the molecule is CC(C)SCc1cc(F)cc(C=CC(=O)O)c1. The van der Waals surface area contributed by atoms with Crippen LogP contribution in [-0.2, 0) is 10.5 Å². The molecule has 1 aromatic rings. The molecule has 2 nitrogen and oxygen atoms in total. The molecule has 0 radical (unpaired) electrons. The maximum absolute atomic E-state index is 13.3. The Bertz CT molecular complexity index is 427. The molecule has 17 heavy (non-hydrogen) atoms. The molecular weight excluding hydrogens is 239 g/mol. The average Bonchev–Trinajstić information content (AvgIpc) is 2.23. The van der Waals surface area contributed by atoms with Crippen LogP contribution >= 0.6 is 11.8 Å². The third-order valence-corrected chi connectivity index (χ3v) is 3.15. The summed E-state index contributed by atoms with van der Waals surface area (Å²) < 4.78 is 13.3. The number of rotatable bonds is 5. The van der Waals surface area contributed by atoms with Gasteiger partial charge in [-0.15, -0.1) is 0 Å². The molecule has 1 rings (SSSR count). The van der Waals surface area contributed by atoms with Crippen molar-refractivity contribution >= 4 is 23.8 Å². The number of carboxylic acid groups (broad SMARTS) is 1. The highest BCUT2D eigenvalue weighted by Crippen LogP contribution is 2.19. The highest BCUT2D eigenvalue weighted by atomic mass is 32.2. The first-order valence-electron chi connectivity index (χ1n) is 5.29. The monoisotopic (exact) mass is 254 g/mol. The lowest BCUT2D eigenvalue weighted by atomic mass is 10.1. The Morgan fingerprint density at radius 3 is 2.76 bits per heavy atom. The Morgan fingerprint density at radius 1 is 1.47 bits per heavy atom. The molecule has 0 saturated heterocycles. The lowest BCUT2D eigenvalue weighted by Crippen LogP contribution is -1.91. The van der Waals surface area contributed by atoms with E-state index in [1.54, 1.807) is 17.8 Å². The Labute approximate surface area is 105 Å². The van der Waals surface area contributed by atoms with Crippen molar-refractivity contribution in [2.45, 2.75) is 24.9 Å². The van der Waals surface area contributed by atoms with E-state index in [1.807, 2.05) is 0 Å². The summed E-state index contributed by atoms with van der Waals surface area (Å²) in [5.41, 5.74) is 1.44. The molecule has 4 heteroatoms. The first-order chi connectivity index (χ1) is 7.97. The topological polar surface area (TPSA) is 37.3 Å². The van der Waals surface area contributed by atoms with E-state index in [4.69, 9.17) is 5.11 Å². The second kappa shape index (κ2) is 6.45. The van der Waals surface area contributed by atoms with Crippen molar-refractivity contribution in [1.29, 1.82) is 0 Å². The average molecular weight is 254 g/mol. The van der Waals surface area contributed by atoms with E-state index in [0.717, 1.165) is 17.4 Å². The number of halogens is 1. The van der Waals surface area contributed by atoms with E-state index >= 15 is 0 Å². The summed E-state index contributed by atoms with van der Waals surface area (Å²) in [6, 6.07) is 4.61. The van der Waals surface area contributed by atoms with Crippen LogP contribution in [0.1, 0.15) is 25.0 Å². The first kappa shape index (κ1) is 13.8. The van der Waals surface area contributed by atoms with Gasteiger partial charge in [0.2, 0.25) is 0 Å². The predicted molar refractivity (Wildman–Crippen MR) is 69.5 cm³/mol. The molecule has 0 saturated carbocycles. The summed E-state index contributed by atoms with van der Waals surface area (Å²) in [5.74, 6) is -0.646. The molecule has 0 aliphatic heterocycles. The first-order valence-corrected chi connectivity index (χ1v) is 6.34. The van der Waals surface area contributed by atoms with Gasteiger partial charge in [0.1, 0.15) is 5.82 Å². The second-order valence-electron chi connectivity index (χ2n) is 3.92. The van der Waals surface area contributed by atoms with E-state index < -0.39 is 5.97 Å². The number of hydrogen-bond acceptors (Lipinski definition) is 2. The molecule has 0 atom stereocenters. The van der Waals surface area contributed by atoms with Crippen molar-refractivity contribution in [3.8, 4) is 0 Å². The third kappa shape index (κ3) is 5.54. The highest BCUT2D eigenvalue weighted by molar-refractivity contribution is 7.99. The highest BCUT2D eigenvalue weighted by Gasteiger charge is 2.01. The van der Waals surface area contributed by atoms with Crippen molar-refractivity contribution in [3.05, 3.63) is 41.2 Å². The molecular formula is C13H15FO2S. The van der Waals surface area contributed by atoms with Gasteiger partial charge in [-0.2, -0.15) is 11.8 Å². The molecule has 0 heterocycles. The zero-order chi connectivity index (χ0) is 12.8. The fourth-order valence-corrected chi connectivity index (χ4v) is 1.98. The summed E-state index contributed by atoms with van der Waals surface area (Å²) in [6.07, 6.45) is 2.41. The number of carbonyl (C=O) groups is 1. The number of aliphatic carboxylic acids is 1. The largest absolute Gasteiger partial charge is 0.478 e. The third-order valence-electron chi connectivity index (χ3n) is 1.98. The summed E-state index contributed by atoms with van der Waals surface area (Å²) in [7, 11) is 0. The Morgan fingerprint density at radius 2 is 2.18 bits per heavy atom. The molecule has 1 aromatic carbocycles. The van der Waals surface area contributed by atoms with Crippen LogP contribution in [0.5, 0.6) is 0 Å². The molecule has 0 amide bonds. The molecule has 0 aliphatic carbocycles. The lowest BCUT2D eigenvalue weighted by molar-refractivity contribution is -0.131. The van der Waals surface area contributed by atoms with E-state index in [0.29, 0.717) is 10.8 Å². The molecule has 0 unspecified atom stereocenters. The zero-order valence-electron chi connectivity index (χ0n) is 9.81. The number of thioether (sulfide) groups is 1. The van der Waals surface area contributed by atoms with E-state index in [2.05, 4.69) is 13.8 Å². The zero-order valence-corrected chi connectivity index (χ0v) is 10.6.